The molecule has 0 N–H and O–H groups in total. The number of rotatable bonds is 7. The highest BCUT2D eigenvalue weighted by Gasteiger charge is 2.26. The van der Waals surface area contributed by atoms with E-state index in [9.17, 15) is 13.2 Å². The highest BCUT2D eigenvalue weighted by Crippen LogP contribution is 2.19. The summed E-state index contributed by atoms with van der Waals surface area (Å²) in [7, 11) is -3.52. The smallest absolute Gasteiger partial charge is 0.246 e. The van der Waals surface area contributed by atoms with Crippen molar-refractivity contribution in [1.82, 2.24) is 9.21 Å². The lowest BCUT2D eigenvalue weighted by molar-refractivity contribution is -0.127. The lowest BCUT2D eigenvalue weighted by Crippen LogP contribution is -2.49. The van der Waals surface area contributed by atoms with Gasteiger partial charge in [-0.15, -0.1) is 0 Å². The van der Waals surface area contributed by atoms with Crippen LogP contribution in [0.5, 0.6) is 5.75 Å². The fourth-order valence-electron chi connectivity index (χ4n) is 3.15. The number of sulfonamides is 1. The third-order valence-electron chi connectivity index (χ3n) is 4.77. The summed E-state index contributed by atoms with van der Waals surface area (Å²) in [5.74, 6) is 0.586. The van der Waals surface area contributed by atoms with Crippen LogP contribution in [0.3, 0.4) is 0 Å². The Morgan fingerprint density at radius 3 is 2.33 bits per heavy atom. The molecule has 6 nitrogen and oxygen atoms in total. The quantitative estimate of drug-likeness (QED) is 0.638. The van der Waals surface area contributed by atoms with Crippen molar-refractivity contribution in [2.75, 3.05) is 32.8 Å². The van der Waals surface area contributed by atoms with E-state index >= 15 is 0 Å². The predicted molar refractivity (Wildman–Crippen MR) is 119 cm³/mol. The SMILES string of the molecule is CCOc1ccccc1/C=C/C(=O)N1CCN(S(=O)(=O)/C=C/c2ccccc2)CC1. The van der Waals surface area contributed by atoms with Crippen LogP contribution < -0.4 is 4.74 Å². The van der Waals surface area contributed by atoms with Crippen LogP contribution in [0.1, 0.15) is 18.1 Å². The Kier molecular flexibility index (Phi) is 7.43. The minimum Gasteiger partial charge on any atom is -0.493 e. The van der Waals surface area contributed by atoms with Gasteiger partial charge in [0.05, 0.1) is 6.61 Å². The summed E-state index contributed by atoms with van der Waals surface area (Å²) in [5, 5.41) is 1.23. The predicted octanol–water partition coefficient (Wildman–Crippen LogP) is 3.24. The molecule has 0 radical (unpaired) electrons. The average Bonchev–Trinajstić information content (AvgIpc) is 2.78. The van der Waals surface area contributed by atoms with Crippen LogP contribution in [0, 0.1) is 0 Å². The van der Waals surface area contributed by atoms with E-state index in [2.05, 4.69) is 0 Å². The maximum atomic E-state index is 12.6. The molecule has 2 aromatic rings. The Bertz CT molecular complexity index is 1010. The van der Waals surface area contributed by atoms with Crippen LogP contribution in [0.4, 0.5) is 0 Å². The third-order valence-corrected chi connectivity index (χ3v) is 6.33. The number of piperazine rings is 1. The maximum Gasteiger partial charge on any atom is 0.246 e. The molecule has 158 valence electrons. The molecule has 2 aromatic carbocycles. The summed E-state index contributed by atoms with van der Waals surface area (Å²) in [6.07, 6.45) is 4.84. The molecule has 0 bridgehead atoms. The highest BCUT2D eigenvalue weighted by molar-refractivity contribution is 7.92. The molecule has 0 aliphatic carbocycles. The standard InChI is InChI=1S/C23H26N2O4S/c1-2-29-22-11-7-6-10-21(22)12-13-23(26)24-15-17-25(18-16-24)30(27,28)19-14-20-8-4-3-5-9-20/h3-14,19H,2,15-18H2,1H3/b13-12+,19-14+. The van der Waals surface area contributed by atoms with Crippen LogP contribution in [-0.4, -0.2) is 56.3 Å². The van der Waals surface area contributed by atoms with E-state index in [0.717, 1.165) is 16.9 Å². The molecular formula is C23H26N2O4S. The summed E-state index contributed by atoms with van der Waals surface area (Å²) in [4.78, 5) is 14.2. The molecule has 1 fully saturated rings. The first-order chi connectivity index (χ1) is 14.5. The summed E-state index contributed by atoms with van der Waals surface area (Å²) in [6, 6.07) is 16.8. The number of nitrogens with zero attached hydrogens (tertiary/aromatic N) is 2. The number of hydrogen-bond acceptors (Lipinski definition) is 4. The second kappa shape index (κ2) is 10.2. The Labute approximate surface area is 178 Å². The summed E-state index contributed by atoms with van der Waals surface area (Å²) < 4.78 is 32.1. The molecule has 1 amide bonds. The van der Waals surface area contributed by atoms with Gasteiger partial charge in [-0.05, 0) is 30.7 Å². The summed E-state index contributed by atoms with van der Waals surface area (Å²) in [6.45, 7) is 3.72. The van der Waals surface area contributed by atoms with Gasteiger partial charge in [-0.3, -0.25) is 4.79 Å². The number of para-hydroxylation sites is 1. The van der Waals surface area contributed by atoms with Gasteiger partial charge in [-0.2, -0.15) is 4.31 Å². The van der Waals surface area contributed by atoms with E-state index in [4.69, 9.17) is 4.74 Å². The van der Waals surface area contributed by atoms with Gasteiger partial charge in [0.15, 0.2) is 0 Å². The first-order valence-corrected chi connectivity index (χ1v) is 11.4. The van der Waals surface area contributed by atoms with Crippen LogP contribution in [0.2, 0.25) is 0 Å². The van der Waals surface area contributed by atoms with E-state index in [0.29, 0.717) is 19.7 Å². The molecule has 0 aromatic heterocycles. The van der Waals surface area contributed by atoms with E-state index < -0.39 is 10.0 Å². The van der Waals surface area contributed by atoms with Gasteiger partial charge in [0, 0.05) is 43.2 Å². The Balaban J connectivity index is 1.57. The van der Waals surface area contributed by atoms with Gasteiger partial charge < -0.3 is 9.64 Å². The van der Waals surface area contributed by atoms with Gasteiger partial charge >= 0.3 is 0 Å². The fourth-order valence-corrected chi connectivity index (χ4v) is 4.32. The minimum atomic E-state index is -3.52. The molecule has 1 aliphatic heterocycles. The normalized spacial score (nSPS) is 15.7. The summed E-state index contributed by atoms with van der Waals surface area (Å²) in [5.41, 5.74) is 1.66. The largest absolute Gasteiger partial charge is 0.493 e. The molecule has 0 spiro atoms. The van der Waals surface area contributed by atoms with Crippen LogP contribution in [0.15, 0.2) is 66.1 Å². The van der Waals surface area contributed by atoms with Crippen molar-refractivity contribution >= 4 is 28.1 Å². The van der Waals surface area contributed by atoms with Crippen molar-refractivity contribution in [2.45, 2.75) is 6.92 Å². The Hall–Kier alpha value is -2.90. The first kappa shape index (κ1) is 21.8. The molecule has 0 saturated carbocycles. The van der Waals surface area contributed by atoms with Gasteiger partial charge in [0.1, 0.15) is 5.75 Å². The lowest BCUT2D eigenvalue weighted by Gasteiger charge is -2.32. The molecule has 30 heavy (non-hydrogen) atoms. The van der Waals surface area contributed by atoms with Gasteiger partial charge in [0.25, 0.3) is 0 Å². The number of amides is 1. The zero-order valence-electron chi connectivity index (χ0n) is 17.0. The molecule has 1 aliphatic rings. The highest BCUT2D eigenvalue weighted by atomic mass is 32.2. The zero-order chi connectivity index (χ0) is 21.4. The Morgan fingerprint density at radius 1 is 0.967 bits per heavy atom. The van der Waals surface area contributed by atoms with Gasteiger partial charge in [-0.25, -0.2) is 8.42 Å². The first-order valence-electron chi connectivity index (χ1n) is 9.91. The van der Waals surface area contributed by atoms with Crippen molar-refractivity contribution < 1.29 is 17.9 Å². The number of hydrogen-bond donors (Lipinski definition) is 0. The maximum absolute atomic E-state index is 12.6. The van der Waals surface area contributed by atoms with E-state index in [1.807, 2.05) is 61.5 Å². The summed E-state index contributed by atoms with van der Waals surface area (Å²) >= 11 is 0. The van der Waals surface area contributed by atoms with E-state index in [1.54, 1.807) is 17.1 Å². The van der Waals surface area contributed by atoms with Crippen LogP contribution >= 0.6 is 0 Å². The monoisotopic (exact) mass is 426 g/mol. The molecule has 1 heterocycles. The second-order valence-corrected chi connectivity index (χ2v) is 8.61. The van der Waals surface area contributed by atoms with Gasteiger partial charge in [0.2, 0.25) is 15.9 Å². The Morgan fingerprint density at radius 2 is 1.63 bits per heavy atom. The van der Waals surface area contributed by atoms with Crippen LogP contribution in [0.25, 0.3) is 12.2 Å². The van der Waals surface area contributed by atoms with Gasteiger partial charge in [-0.1, -0.05) is 48.5 Å². The zero-order valence-corrected chi connectivity index (χ0v) is 17.8. The number of carbonyl (C=O) groups is 1. The molecule has 0 atom stereocenters. The number of carbonyl (C=O) groups excluding carboxylic acids is 1. The van der Waals surface area contributed by atoms with Crippen LogP contribution in [-0.2, 0) is 14.8 Å². The molecule has 0 unspecified atom stereocenters. The van der Waals surface area contributed by atoms with Crippen molar-refractivity contribution in [3.63, 3.8) is 0 Å². The average molecular weight is 427 g/mol. The molecule has 3 rings (SSSR count). The third kappa shape index (κ3) is 5.81. The van der Waals surface area contributed by atoms with Crippen molar-refractivity contribution in [3.05, 3.63) is 77.2 Å². The lowest BCUT2D eigenvalue weighted by atomic mass is 10.2. The topological polar surface area (TPSA) is 66.9 Å². The van der Waals surface area contributed by atoms with E-state index in [-0.39, 0.29) is 19.0 Å². The number of benzene rings is 2. The molecule has 7 heteroatoms. The minimum absolute atomic E-state index is 0.141. The van der Waals surface area contributed by atoms with Crippen molar-refractivity contribution in [1.29, 1.82) is 0 Å². The van der Waals surface area contributed by atoms with E-state index in [1.165, 1.54) is 15.8 Å². The van der Waals surface area contributed by atoms with Crippen molar-refractivity contribution in [3.8, 4) is 5.75 Å². The molecule has 1 saturated heterocycles. The fraction of sp³-hybridized carbons (Fsp3) is 0.261. The molecular weight excluding hydrogens is 400 g/mol. The number of ether oxygens (including phenoxy) is 1. The second-order valence-electron chi connectivity index (χ2n) is 6.79. The van der Waals surface area contributed by atoms with Crippen molar-refractivity contribution in [2.24, 2.45) is 0 Å².